The fraction of sp³-hybridized carbons (Fsp3) is 0.600. The van der Waals surface area contributed by atoms with Gasteiger partial charge in [-0.25, -0.2) is 0 Å². The van der Waals surface area contributed by atoms with Gasteiger partial charge in [-0.3, -0.25) is 9.59 Å². The maximum absolute atomic E-state index is 12.7. The minimum absolute atomic E-state index is 0.0104. The van der Waals surface area contributed by atoms with E-state index in [1.165, 1.54) is 6.92 Å². The van der Waals surface area contributed by atoms with Gasteiger partial charge in [0.05, 0.1) is 0 Å². The number of likely N-dealkylation sites (tertiary alicyclic amines) is 1. The molecule has 0 radical (unpaired) electrons. The molecule has 0 unspecified atom stereocenters. The number of rotatable bonds is 6. The van der Waals surface area contributed by atoms with Crippen molar-refractivity contribution in [1.29, 1.82) is 0 Å². The lowest BCUT2D eigenvalue weighted by atomic mass is 9.93. The minimum atomic E-state index is -0.522. The summed E-state index contributed by atoms with van der Waals surface area (Å²) in [5.41, 5.74) is 1.89. The largest absolute Gasteiger partial charge is 0.481 e. The Morgan fingerprint density at radius 1 is 1.27 bits per heavy atom. The first-order valence-electron chi connectivity index (χ1n) is 9.24. The van der Waals surface area contributed by atoms with Crippen LogP contribution in [0.1, 0.15) is 44.2 Å². The fourth-order valence-corrected chi connectivity index (χ4v) is 3.49. The fourth-order valence-electron chi connectivity index (χ4n) is 3.38. The van der Waals surface area contributed by atoms with E-state index in [0.29, 0.717) is 18.2 Å². The molecule has 2 amide bonds. The van der Waals surface area contributed by atoms with Crippen LogP contribution in [0.4, 0.5) is 0 Å². The number of aryl methyl sites for hydroxylation is 2. The van der Waals surface area contributed by atoms with Crippen LogP contribution < -0.4 is 10.1 Å². The lowest BCUT2D eigenvalue weighted by Gasteiger charge is -2.33. The van der Waals surface area contributed by atoms with Gasteiger partial charge in [0.15, 0.2) is 6.10 Å². The molecule has 1 N–H and O–H groups in total. The van der Waals surface area contributed by atoms with Gasteiger partial charge in [0, 0.05) is 31.6 Å². The summed E-state index contributed by atoms with van der Waals surface area (Å²) in [5.74, 6) is 1.27. The molecule has 6 heteroatoms. The number of hydrogen-bond acceptors (Lipinski definition) is 3. The van der Waals surface area contributed by atoms with E-state index in [1.54, 1.807) is 6.92 Å². The van der Waals surface area contributed by atoms with Gasteiger partial charge in [-0.2, -0.15) is 0 Å². The van der Waals surface area contributed by atoms with Crippen molar-refractivity contribution in [3.8, 4) is 5.75 Å². The third-order valence-electron chi connectivity index (χ3n) is 4.92. The molecule has 1 heterocycles. The van der Waals surface area contributed by atoms with Crippen LogP contribution in [0.5, 0.6) is 5.75 Å². The van der Waals surface area contributed by atoms with Gasteiger partial charge >= 0.3 is 0 Å². The summed E-state index contributed by atoms with van der Waals surface area (Å²) >= 11 is 6.18. The van der Waals surface area contributed by atoms with Gasteiger partial charge in [-0.15, -0.1) is 0 Å². The highest BCUT2D eigenvalue weighted by Gasteiger charge is 2.27. The maximum Gasteiger partial charge on any atom is 0.263 e. The first-order valence-corrected chi connectivity index (χ1v) is 9.62. The number of carbonyl (C=O) groups is 2. The molecule has 1 atom stereocenters. The maximum atomic E-state index is 12.7. The topological polar surface area (TPSA) is 58.6 Å². The van der Waals surface area contributed by atoms with Gasteiger partial charge < -0.3 is 15.0 Å². The number of benzene rings is 1. The smallest absolute Gasteiger partial charge is 0.263 e. The number of halogens is 1. The van der Waals surface area contributed by atoms with Gasteiger partial charge in [0.2, 0.25) is 5.91 Å². The molecule has 144 valence electrons. The molecule has 0 aliphatic carbocycles. The molecule has 0 bridgehead atoms. The Labute approximate surface area is 161 Å². The monoisotopic (exact) mass is 380 g/mol. The van der Waals surface area contributed by atoms with Crippen LogP contribution in [0.2, 0.25) is 5.02 Å². The van der Waals surface area contributed by atoms with Crippen LogP contribution in [-0.2, 0) is 9.59 Å². The van der Waals surface area contributed by atoms with Crippen molar-refractivity contribution in [2.75, 3.05) is 19.6 Å². The van der Waals surface area contributed by atoms with E-state index in [9.17, 15) is 9.59 Å². The summed E-state index contributed by atoms with van der Waals surface area (Å²) in [7, 11) is 0. The van der Waals surface area contributed by atoms with Crippen molar-refractivity contribution < 1.29 is 14.3 Å². The molecule has 1 aromatic rings. The Hall–Kier alpha value is -1.75. The lowest BCUT2D eigenvalue weighted by molar-refractivity contribution is -0.139. The quantitative estimate of drug-likeness (QED) is 0.821. The molecule has 0 spiro atoms. The number of ether oxygens (including phenoxy) is 1. The molecule has 1 saturated heterocycles. The highest BCUT2D eigenvalue weighted by molar-refractivity contribution is 6.32. The molecule has 1 fully saturated rings. The third kappa shape index (κ3) is 5.63. The predicted octanol–water partition coefficient (Wildman–Crippen LogP) is 3.49. The molecule has 1 aromatic carbocycles. The van der Waals surface area contributed by atoms with Crippen molar-refractivity contribution in [2.45, 2.75) is 53.1 Å². The van der Waals surface area contributed by atoms with E-state index in [1.807, 2.05) is 30.9 Å². The number of carbonyl (C=O) groups excluding carboxylic acids is 2. The third-order valence-corrected chi connectivity index (χ3v) is 5.52. The van der Waals surface area contributed by atoms with E-state index in [0.717, 1.165) is 48.5 Å². The van der Waals surface area contributed by atoms with Crippen molar-refractivity contribution in [2.24, 2.45) is 5.92 Å². The molecular weight excluding hydrogens is 352 g/mol. The number of nitrogens with zero attached hydrogens (tertiary/aromatic N) is 1. The Morgan fingerprint density at radius 3 is 2.38 bits per heavy atom. The zero-order chi connectivity index (χ0) is 19.3. The normalized spacial score (nSPS) is 16.3. The first-order chi connectivity index (χ1) is 12.3. The van der Waals surface area contributed by atoms with Crippen molar-refractivity contribution in [3.63, 3.8) is 0 Å². The number of nitrogens with one attached hydrogen (secondary N) is 1. The van der Waals surface area contributed by atoms with E-state index in [-0.39, 0.29) is 11.8 Å². The van der Waals surface area contributed by atoms with E-state index in [4.69, 9.17) is 16.3 Å². The highest BCUT2D eigenvalue weighted by atomic mass is 35.5. The standard InChI is InChI=1S/C20H29ClN2O3/c1-13-11-18(12-14(2)19(13)21)26-15(3)20(25)23-9-6-17(7-10-23)5-8-22-16(4)24/h11-12,15,17H,5-10H2,1-4H3,(H,22,24)/t15-/m1/s1. The van der Waals surface area contributed by atoms with Crippen LogP contribution in [0.3, 0.4) is 0 Å². The van der Waals surface area contributed by atoms with Crippen LogP contribution >= 0.6 is 11.6 Å². The van der Waals surface area contributed by atoms with Crippen molar-refractivity contribution in [3.05, 3.63) is 28.3 Å². The van der Waals surface area contributed by atoms with Gasteiger partial charge in [-0.05, 0) is 69.2 Å². The zero-order valence-corrected chi connectivity index (χ0v) is 16.9. The molecule has 2 rings (SSSR count). The van der Waals surface area contributed by atoms with Crippen molar-refractivity contribution in [1.82, 2.24) is 10.2 Å². The van der Waals surface area contributed by atoms with Gasteiger partial charge in [0.1, 0.15) is 5.75 Å². The Balaban J connectivity index is 1.83. The molecule has 1 aliphatic heterocycles. The Bertz CT molecular complexity index is 631. The lowest BCUT2D eigenvalue weighted by Crippen LogP contribution is -2.45. The second kappa shape index (κ2) is 9.26. The second-order valence-corrected chi connectivity index (χ2v) is 7.55. The van der Waals surface area contributed by atoms with Gasteiger partial charge in [-0.1, -0.05) is 11.6 Å². The summed E-state index contributed by atoms with van der Waals surface area (Å²) in [4.78, 5) is 25.5. The Kier molecular flexibility index (Phi) is 7.33. The summed E-state index contributed by atoms with van der Waals surface area (Å²) in [5, 5.41) is 3.57. The van der Waals surface area contributed by atoms with Crippen LogP contribution in [0.25, 0.3) is 0 Å². The second-order valence-electron chi connectivity index (χ2n) is 7.17. The molecule has 5 nitrogen and oxygen atoms in total. The van der Waals surface area contributed by atoms with Gasteiger partial charge in [0.25, 0.3) is 5.91 Å². The van der Waals surface area contributed by atoms with E-state index in [2.05, 4.69) is 5.32 Å². The summed E-state index contributed by atoms with van der Waals surface area (Å²) in [6.45, 7) is 9.40. The highest BCUT2D eigenvalue weighted by Crippen LogP contribution is 2.27. The average molecular weight is 381 g/mol. The number of amides is 2. The Morgan fingerprint density at radius 2 is 1.85 bits per heavy atom. The SMILES string of the molecule is CC(=O)NCCC1CCN(C(=O)[C@@H](C)Oc2cc(C)c(Cl)c(C)c2)CC1. The molecule has 0 saturated carbocycles. The average Bonchev–Trinajstić information content (AvgIpc) is 2.59. The van der Waals surface area contributed by atoms with Crippen LogP contribution in [0.15, 0.2) is 12.1 Å². The van der Waals surface area contributed by atoms with E-state index >= 15 is 0 Å². The molecule has 0 aromatic heterocycles. The summed E-state index contributed by atoms with van der Waals surface area (Å²) in [6.07, 6.45) is 2.39. The first kappa shape index (κ1) is 20.6. The zero-order valence-electron chi connectivity index (χ0n) is 16.1. The van der Waals surface area contributed by atoms with Crippen LogP contribution in [-0.4, -0.2) is 42.5 Å². The molecule has 26 heavy (non-hydrogen) atoms. The van der Waals surface area contributed by atoms with E-state index < -0.39 is 6.10 Å². The van der Waals surface area contributed by atoms with Crippen LogP contribution in [0, 0.1) is 19.8 Å². The summed E-state index contributed by atoms with van der Waals surface area (Å²) < 4.78 is 5.87. The number of hydrogen-bond donors (Lipinski definition) is 1. The van der Waals surface area contributed by atoms with Crippen molar-refractivity contribution >= 4 is 23.4 Å². The number of piperidine rings is 1. The molecular formula is C20H29ClN2O3. The predicted molar refractivity (Wildman–Crippen MR) is 104 cm³/mol. The molecule has 1 aliphatic rings. The summed E-state index contributed by atoms with van der Waals surface area (Å²) in [6, 6.07) is 3.74. The minimum Gasteiger partial charge on any atom is -0.481 e.